The van der Waals surface area contributed by atoms with Gasteiger partial charge in [-0.2, -0.15) is 0 Å². The number of aliphatic hydroxyl groups excluding tert-OH is 3. The van der Waals surface area contributed by atoms with E-state index in [1.807, 2.05) is 0 Å². The quantitative estimate of drug-likeness (QED) is 0.397. The molecule has 1 rings (SSSR count). The first-order valence-electron chi connectivity index (χ1n) is 8.05. The molecule has 0 aliphatic carbocycles. The average molecular weight is 302 g/mol. The highest BCUT2D eigenvalue weighted by Gasteiger charge is 2.40. The second-order valence-corrected chi connectivity index (χ2v) is 5.56. The maximum atomic E-state index is 9.73. The highest BCUT2D eigenvalue weighted by molar-refractivity contribution is 4.88. The molecule has 124 valence electrons. The summed E-state index contributed by atoms with van der Waals surface area (Å²) in [5.41, 5.74) is 0. The second-order valence-electron chi connectivity index (χ2n) is 5.56. The van der Waals surface area contributed by atoms with Crippen LogP contribution < -0.4 is 0 Å². The van der Waals surface area contributed by atoms with Gasteiger partial charge in [0.05, 0.1) is 13.2 Å². The molecule has 0 bridgehead atoms. The van der Waals surface area contributed by atoms with Crippen molar-refractivity contribution in [1.29, 1.82) is 0 Å². The fraction of sp³-hybridized carbons (Fsp3) is 0.875. The van der Waals surface area contributed by atoms with E-state index in [1.165, 1.54) is 6.42 Å². The summed E-state index contributed by atoms with van der Waals surface area (Å²) in [5.74, 6) is 0. The summed E-state index contributed by atoms with van der Waals surface area (Å²) >= 11 is 0. The molecule has 1 fully saturated rings. The number of allylic oxidation sites excluding steroid dienone is 2. The predicted octanol–water partition coefficient (Wildman–Crippen LogP) is 1.40. The van der Waals surface area contributed by atoms with E-state index in [1.54, 1.807) is 0 Å². The summed E-state index contributed by atoms with van der Waals surface area (Å²) < 4.78 is 10.8. The van der Waals surface area contributed by atoms with Crippen molar-refractivity contribution >= 4 is 0 Å². The summed E-state index contributed by atoms with van der Waals surface area (Å²) in [7, 11) is 0. The molecule has 0 aromatic carbocycles. The topological polar surface area (TPSA) is 79.2 Å². The molecule has 1 aliphatic rings. The van der Waals surface area contributed by atoms with Crippen molar-refractivity contribution in [2.24, 2.45) is 0 Å². The van der Waals surface area contributed by atoms with Gasteiger partial charge in [-0.1, -0.05) is 31.9 Å². The lowest BCUT2D eigenvalue weighted by Crippen LogP contribution is -2.42. The first kappa shape index (κ1) is 18.6. The van der Waals surface area contributed by atoms with Crippen LogP contribution in [0.4, 0.5) is 0 Å². The summed E-state index contributed by atoms with van der Waals surface area (Å²) in [6.45, 7) is 2.58. The Morgan fingerprint density at radius 1 is 1.19 bits per heavy atom. The smallest absolute Gasteiger partial charge is 0.114 e. The van der Waals surface area contributed by atoms with E-state index >= 15 is 0 Å². The van der Waals surface area contributed by atoms with Crippen molar-refractivity contribution in [3.8, 4) is 0 Å². The third-order valence-electron chi connectivity index (χ3n) is 3.71. The van der Waals surface area contributed by atoms with Crippen LogP contribution in [0.3, 0.4) is 0 Å². The molecule has 0 unspecified atom stereocenters. The molecule has 1 saturated heterocycles. The molecule has 5 heteroatoms. The fourth-order valence-electron chi connectivity index (χ4n) is 2.38. The number of ether oxygens (including phenoxy) is 2. The Hall–Kier alpha value is -0.460. The van der Waals surface area contributed by atoms with Gasteiger partial charge < -0.3 is 24.8 Å². The molecule has 4 atom stereocenters. The second kappa shape index (κ2) is 11.2. The molecule has 0 aromatic rings. The lowest BCUT2D eigenvalue weighted by atomic mass is 10.1. The third kappa shape index (κ3) is 6.89. The molecule has 21 heavy (non-hydrogen) atoms. The number of hydrogen-bond acceptors (Lipinski definition) is 5. The van der Waals surface area contributed by atoms with Crippen molar-refractivity contribution in [3.05, 3.63) is 12.2 Å². The van der Waals surface area contributed by atoms with Gasteiger partial charge in [0.15, 0.2) is 0 Å². The van der Waals surface area contributed by atoms with Crippen molar-refractivity contribution in [2.45, 2.75) is 69.9 Å². The van der Waals surface area contributed by atoms with Crippen LogP contribution in [0, 0.1) is 0 Å². The fourth-order valence-corrected chi connectivity index (χ4v) is 2.38. The van der Waals surface area contributed by atoms with Crippen LogP contribution in [0.2, 0.25) is 0 Å². The monoisotopic (exact) mass is 302 g/mol. The molecule has 0 spiro atoms. The molecular formula is C16H30O5. The SMILES string of the molecule is CCC/C=C/CCCCCO[C@@H](CO)[C@@H]1OC[C@@H](O)[C@@H]1O. The Balaban J connectivity index is 2.07. The van der Waals surface area contributed by atoms with Gasteiger partial charge in [0.25, 0.3) is 0 Å². The molecule has 0 aromatic heterocycles. The summed E-state index contributed by atoms with van der Waals surface area (Å²) in [6, 6.07) is 0. The summed E-state index contributed by atoms with van der Waals surface area (Å²) in [6.07, 6.45) is 7.95. The van der Waals surface area contributed by atoms with Crippen LogP contribution in [0.5, 0.6) is 0 Å². The zero-order valence-electron chi connectivity index (χ0n) is 13.0. The molecular weight excluding hydrogens is 272 g/mol. The van der Waals surface area contributed by atoms with Crippen molar-refractivity contribution in [2.75, 3.05) is 19.8 Å². The Labute approximate surface area is 127 Å². The zero-order valence-corrected chi connectivity index (χ0v) is 13.0. The van der Waals surface area contributed by atoms with Gasteiger partial charge in [0.1, 0.15) is 24.4 Å². The standard InChI is InChI=1S/C16H30O5/c1-2-3-4-5-6-7-8-9-10-20-14(11-17)16-15(19)13(18)12-21-16/h4-5,13-19H,2-3,6-12H2,1H3/b5-4+/t13-,14+,15+,16+/m1/s1. The normalized spacial score (nSPS) is 27.5. The Morgan fingerprint density at radius 3 is 2.57 bits per heavy atom. The molecule has 1 heterocycles. The predicted molar refractivity (Wildman–Crippen MR) is 81.1 cm³/mol. The Kier molecular flexibility index (Phi) is 9.87. The van der Waals surface area contributed by atoms with Crippen molar-refractivity contribution in [3.63, 3.8) is 0 Å². The van der Waals surface area contributed by atoms with Gasteiger partial charge in [-0.25, -0.2) is 0 Å². The maximum Gasteiger partial charge on any atom is 0.114 e. The molecule has 0 radical (unpaired) electrons. The summed E-state index contributed by atoms with van der Waals surface area (Å²) in [5, 5.41) is 28.5. The minimum Gasteiger partial charge on any atom is -0.394 e. The van der Waals surface area contributed by atoms with E-state index in [2.05, 4.69) is 19.1 Å². The molecule has 0 saturated carbocycles. The van der Waals surface area contributed by atoms with E-state index in [0.717, 1.165) is 32.1 Å². The van der Waals surface area contributed by atoms with Crippen LogP contribution >= 0.6 is 0 Å². The Bertz CT molecular complexity index is 282. The van der Waals surface area contributed by atoms with Crippen LogP contribution in [0.25, 0.3) is 0 Å². The van der Waals surface area contributed by atoms with Gasteiger partial charge in [-0.15, -0.1) is 0 Å². The van der Waals surface area contributed by atoms with E-state index < -0.39 is 24.4 Å². The number of hydrogen-bond donors (Lipinski definition) is 3. The number of aliphatic hydroxyl groups is 3. The van der Waals surface area contributed by atoms with E-state index in [0.29, 0.717) is 6.61 Å². The molecule has 3 N–H and O–H groups in total. The molecule has 1 aliphatic heterocycles. The van der Waals surface area contributed by atoms with Crippen molar-refractivity contribution in [1.82, 2.24) is 0 Å². The third-order valence-corrected chi connectivity index (χ3v) is 3.71. The van der Waals surface area contributed by atoms with Crippen LogP contribution in [-0.2, 0) is 9.47 Å². The average Bonchev–Trinajstić information content (AvgIpc) is 2.82. The van der Waals surface area contributed by atoms with Crippen LogP contribution in [0.1, 0.15) is 45.4 Å². The highest BCUT2D eigenvalue weighted by Crippen LogP contribution is 2.19. The van der Waals surface area contributed by atoms with E-state index in [9.17, 15) is 15.3 Å². The first-order chi connectivity index (χ1) is 10.2. The lowest BCUT2D eigenvalue weighted by Gasteiger charge is -2.24. The van der Waals surface area contributed by atoms with Gasteiger partial charge in [0, 0.05) is 6.61 Å². The zero-order chi connectivity index (χ0) is 15.5. The summed E-state index contributed by atoms with van der Waals surface area (Å²) in [4.78, 5) is 0. The van der Waals surface area contributed by atoms with E-state index in [-0.39, 0.29) is 13.2 Å². The lowest BCUT2D eigenvalue weighted by molar-refractivity contribution is -0.101. The van der Waals surface area contributed by atoms with Gasteiger partial charge in [-0.3, -0.25) is 0 Å². The number of unbranched alkanes of at least 4 members (excludes halogenated alkanes) is 4. The van der Waals surface area contributed by atoms with E-state index in [4.69, 9.17) is 9.47 Å². The van der Waals surface area contributed by atoms with Gasteiger partial charge >= 0.3 is 0 Å². The number of rotatable bonds is 11. The van der Waals surface area contributed by atoms with Crippen LogP contribution in [-0.4, -0.2) is 59.6 Å². The Morgan fingerprint density at radius 2 is 1.95 bits per heavy atom. The van der Waals surface area contributed by atoms with Crippen LogP contribution in [0.15, 0.2) is 12.2 Å². The molecule has 5 nitrogen and oxygen atoms in total. The maximum absolute atomic E-state index is 9.73. The minimum absolute atomic E-state index is 0.0930. The molecule has 0 amide bonds. The minimum atomic E-state index is -0.981. The van der Waals surface area contributed by atoms with Crippen molar-refractivity contribution < 1.29 is 24.8 Å². The van der Waals surface area contributed by atoms with Gasteiger partial charge in [-0.05, 0) is 25.7 Å². The first-order valence-corrected chi connectivity index (χ1v) is 8.05. The van der Waals surface area contributed by atoms with Gasteiger partial charge in [0.2, 0.25) is 0 Å². The highest BCUT2D eigenvalue weighted by atomic mass is 16.6. The largest absolute Gasteiger partial charge is 0.394 e.